The number of hydrogen-bond acceptors (Lipinski definition) is 4. The average molecular weight is 301 g/mol. The summed E-state index contributed by atoms with van der Waals surface area (Å²) in [6, 6.07) is -1.88. The number of rotatable bonds is 8. The van der Waals surface area contributed by atoms with E-state index in [1.54, 1.807) is 0 Å². The quantitative estimate of drug-likeness (QED) is 0.504. The van der Waals surface area contributed by atoms with Crippen molar-refractivity contribution in [3.63, 3.8) is 0 Å². The van der Waals surface area contributed by atoms with Crippen LogP contribution in [0, 0.1) is 0 Å². The Morgan fingerprint density at radius 2 is 1.76 bits per heavy atom. The van der Waals surface area contributed by atoms with E-state index in [0.717, 1.165) is 32.5 Å². The SMILES string of the molecule is CC(CN1CCCC1)NC(=O)N[C@@H](CCC(=O)O)C(=O)O. The van der Waals surface area contributed by atoms with Gasteiger partial charge in [-0.15, -0.1) is 0 Å². The molecule has 2 amide bonds. The summed E-state index contributed by atoms with van der Waals surface area (Å²) in [5.41, 5.74) is 0. The fraction of sp³-hybridized carbons (Fsp3) is 0.769. The third-order valence-corrected chi connectivity index (χ3v) is 3.36. The molecule has 1 rings (SSSR count). The molecule has 0 saturated carbocycles. The summed E-state index contributed by atoms with van der Waals surface area (Å²) in [7, 11) is 0. The standard InChI is InChI=1S/C13H23N3O5/c1-9(8-16-6-2-3-7-16)14-13(21)15-10(12(19)20)4-5-11(17)18/h9-10H,2-8H2,1H3,(H,17,18)(H,19,20)(H2,14,15,21)/t9?,10-/m0/s1. The van der Waals surface area contributed by atoms with Crippen molar-refractivity contribution in [2.24, 2.45) is 0 Å². The first-order valence-electron chi connectivity index (χ1n) is 7.12. The van der Waals surface area contributed by atoms with E-state index in [2.05, 4.69) is 15.5 Å². The average Bonchev–Trinajstić information content (AvgIpc) is 2.86. The summed E-state index contributed by atoms with van der Waals surface area (Å²) in [5.74, 6) is -2.33. The van der Waals surface area contributed by atoms with Gasteiger partial charge >= 0.3 is 18.0 Å². The Morgan fingerprint density at radius 3 is 2.29 bits per heavy atom. The van der Waals surface area contributed by atoms with Crippen LogP contribution in [0.25, 0.3) is 0 Å². The maximum absolute atomic E-state index is 11.7. The molecule has 1 saturated heterocycles. The summed E-state index contributed by atoms with van der Waals surface area (Å²) in [6.45, 7) is 4.61. The predicted molar refractivity (Wildman–Crippen MR) is 75.1 cm³/mol. The summed E-state index contributed by atoms with van der Waals surface area (Å²) in [6.07, 6.45) is 1.88. The third-order valence-electron chi connectivity index (χ3n) is 3.36. The maximum Gasteiger partial charge on any atom is 0.326 e. The molecule has 21 heavy (non-hydrogen) atoms. The van der Waals surface area contributed by atoms with Crippen LogP contribution in [0.4, 0.5) is 4.79 Å². The van der Waals surface area contributed by atoms with E-state index in [0.29, 0.717) is 0 Å². The fourth-order valence-corrected chi connectivity index (χ4v) is 2.35. The van der Waals surface area contributed by atoms with Crippen molar-refractivity contribution in [1.29, 1.82) is 0 Å². The number of likely N-dealkylation sites (tertiary alicyclic amines) is 1. The monoisotopic (exact) mass is 301 g/mol. The number of urea groups is 1. The van der Waals surface area contributed by atoms with Gasteiger partial charge in [0, 0.05) is 19.0 Å². The Kier molecular flexibility index (Phi) is 6.93. The van der Waals surface area contributed by atoms with Crippen LogP contribution >= 0.6 is 0 Å². The number of carboxylic acid groups (broad SMARTS) is 2. The van der Waals surface area contributed by atoms with Crippen LogP contribution in [-0.2, 0) is 9.59 Å². The van der Waals surface area contributed by atoms with E-state index in [9.17, 15) is 14.4 Å². The van der Waals surface area contributed by atoms with Crippen LogP contribution in [0.1, 0.15) is 32.6 Å². The lowest BCUT2D eigenvalue weighted by Gasteiger charge is -2.22. The van der Waals surface area contributed by atoms with Crippen molar-refractivity contribution >= 4 is 18.0 Å². The number of carbonyl (C=O) groups excluding carboxylic acids is 1. The molecule has 2 atom stereocenters. The largest absolute Gasteiger partial charge is 0.481 e. The molecule has 8 nitrogen and oxygen atoms in total. The molecule has 120 valence electrons. The molecule has 0 aliphatic carbocycles. The topological polar surface area (TPSA) is 119 Å². The Balaban J connectivity index is 2.34. The number of carbonyl (C=O) groups is 3. The molecule has 0 aromatic rings. The van der Waals surface area contributed by atoms with Crippen LogP contribution in [0.15, 0.2) is 0 Å². The summed E-state index contributed by atoms with van der Waals surface area (Å²) in [4.78, 5) is 35.4. The second-order valence-electron chi connectivity index (χ2n) is 5.35. The fourth-order valence-electron chi connectivity index (χ4n) is 2.35. The number of nitrogens with zero attached hydrogens (tertiary/aromatic N) is 1. The minimum atomic E-state index is -1.24. The lowest BCUT2D eigenvalue weighted by Crippen LogP contribution is -2.50. The second-order valence-corrected chi connectivity index (χ2v) is 5.35. The number of hydrogen-bond donors (Lipinski definition) is 4. The van der Waals surface area contributed by atoms with Crippen LogP contribution in [-0.4, -0.2) is 64.8 Å². The van der Waals surface area contributed by atoms with Crippen molar-refractivity contribution in [3.05, 3.63) is 0 Å². The first-order chi connectivity index (χ1) is 9.88. The highest BCUT2D eigenvalue weighted by molar-refractivity contribution is 5.83. The Morgan fingerprint density at radius 1 is 1.14 bits per heavy atom. The summed E-state index contributed by atoms with van der Waals surface area (Å²) < 4.78 is 0. The van der Waals surface area contributed by atoms with Crippen LogP contribution in [0.2, 0.25) is 0 Å². The lowest BCUT2D eigenvalue weighted by molar-refractivity contribution is -0.140. The second kappa shape index (κ2) is 8.46. The van der Waals surface area contributed by atoms with Gasteiger partial charge in [0.05, 0.1) is 0 Å². The Bertz CT molecular complexity index is 382. The Labute approximate surface area is 123 Å². The molecule has 1 fully saturated rings. The molecule has 1 aliphatic rings. The number of carboxylic acids is 2. The maximum atomic E-state index is 11.7. The van der Waals surface area contributed by atoms with Crippen molar-refractivity contribution in [2.75, 3.05) is 19.6 Å². The van der Waals surface area contributed by atoms with Crippen LogP contribution < -0.4 is 10.6 Å². The lowest BCUT2D eigenvalue weighted by atomic mass is 10.1. The molecule has 1 unspecified atom stereocenters. The summed E-state index contributed by atoms with van der Waals surface area (Å²) >= 11 is 0. The minimum Gasteiger partial charge on any atom is -0.481 e. The van der Waals surface area contributed by atoms with Crippen molar-refractivity contribution in [2.45, 2.75) is 44.7 Å². The highest BCUT2D eigenvalue weighted by atomic mass is 16.4. The van der Waals surface area contributed by atoms with Gasteiger partial charge in [-0.25, -0.2) is 9.59 Å². The van der Waals surface area contributed by atoms with Crippen LogP contribution in [0.5, 0.6) is 0 Å². The number of amides is 2. The van der Waals surface area contributed by atoms with Gasteiger partial charge in [0.25, 0.3) is 0 Å². The zero-order valence-electron chi connectivity index (χ0n) is 12.2. The molecule has 1 aliphatic heterocycles. The number of nitrogens with one attached hydrogen (secondary N) is 2. The van der Waals surface area contributed by atoms with Gasteiger partial charge in [0.1, 0.15) is 6.04 Å². The Hall–Kier alpha value is -1.83. The molecule has 0 aromatic heterocycles. The van der Waals surface area contributed by atoms with Gasteiger partial charge in [-0.05, 0) is 39.3 Å². The molecule has 4 N–H and O–H groups in total. The molecule has 0 radical (unpaired) electrons. The van der Waals surface area contributed by atoms with Gasteiger partial charge in [-0.3, -0.25) is 4.79 Å². The molecular formula is C13H23N3O5. The zero-order valence-corrected chi connectivity index (χ0v) is 12.2. The smallest absolute Gasteiger partial charge is 0.326 e. The highest BCUT2D eigenvalue weighted by Gasteiger charge is 2.22. The van der Waals surface area contributed by atoms with Gasteiger partial charge in [-0.2, -0.15) is 0 Å². The molecule has 0 aromatic carbocycles. The van der Waals surface area contributed by atoms with Crippen molar-refractivity contribution in [3.8, 4) is 0 Å². The van der Waals surface area contributed by atoms with E-state index in [1.165, 1.54) is 0 Å². The molecular weight excluding hydrogens is 278 g/mol. The highest BCUT2D eigenvalue weighted by Crippen LogP contribution is 2.07. The van der Waals surface area contributed by atoms with Crippen molar-refractivity contribution in [1.82, 2.24) is 15.5 Å². The van der Waals surface area contributed by atoms with E-state index in [4.69, 9.17) is 10.2 Å². The van der Waals surface area contributed by atoms with E-state index < -0.39 is 24.0 Å². The van der Waals surface area contributed by atoms with E-state index in [1.807, 2.05) is 6.92 Å². The van der Waals surface area contributed by atoms with E-state index in [-0.39, 0.29) is 18.9 Å². The first-order valence-corrected chi connectivity index (χ1v) is 7.12. The van der Waals surface area contributed by atoms with Gasteiger partial charge in [-0.1, -0.05) is 0 Å². The first kappa shape index (κ1) is 17.2. The predicted octanol–water partition coefficient (Wildman–Crippen LogP) is 0.0879. The molecule has 8 heteroatoms. The van der Waals surface area contributed by atoms with Crippen LogP contribution in [0.3, 0.4) is 0 Å². The molecule has 1 heterocycles. The third kappa shape index (κ3) is 6.94. The van der Waals surface area contributed by atoms with Gasteiger partial charge in [0.15, 0.2) is 0 Å². The normalized spacial score (nSPS) is 18.0. The molecule has 0 spiro atoms. The van der Waals surface area contributed by atoms with Gasteiger partial charge < -0.3 is 25.7 Å². The van der Waals surface area contributed by atoms with Crippen molar-refractivity contribution < 1.29 is 24.6 Å². The molecule has 0 bridgehead atoms. The number of aliphatic carboxylic acids is 2. The summed E-state index contributed by atoms with van der Waals surface area (Å²) in [5, 5.41) is 22.5. The van der Waals surface area contributed by atoms with E-state index >= 15 is 0 Å². The zero-order chi connectivity index (χ0) is 15.8. The minimum absolute atomic E-state index is 0.1000. The van der Waals surface area contributed by atoms with Gasteiger partial charge in [0.2, 0.25) is 0 Å².